The van der Waals surface area contributed by atoms with Gasteiger partial charge in [0.05, 0.1) is 12.9 Å². The van der Waals surface area contributed by atoms with Gasteiger partial charge in [-0.15, -0.1) is 12.4 Å². The van der Waals surface area contributed by atoms with Crippen LogP contribution in [0.1, 0.15) is 0 Å². The molecule has 0 fully saturated rings. The summed E-state index contributed by atoms with van der Waals surface area (Å²) in [5.41, 5.74) is 12.1. The average Bonchev–Trinajstić information content (AvgIpc) is 2.49. The van der Waals surface area contributed by atoms with Crippen molar-refractivity contribution >= 4 is 35.3 Å². The van der Waals surface area contributed by atoms with Crippen molar-refractivity contribution in [1.29, 1.82) is 0 Å². The van der Waals surface area contributed by atoms with Gasteiger partial charge in [-0.1, -0.05) is 0 Å². The number of hydrogen-bond donors (Lipinski definition) is 3. The Balaban J connectivity index is 0.00000112. The topological polar surface area (TPSA) is 116 Å². The first kappa shape index (κ1) is 11.5. The first-order valence-corrected chi connectivity index (χ1v) is 4.07. The zero-order valence-corrected chi connectivity index (χ0v) is 8.61. The van der Waals surface area contributed by atoms with E-state index in [1.807, 2.05) is 0 Å². The minimum Gasteiger partial charge on any atom is -0.395 e. The van der Waals surface area contributed by atoms with E-state index >= 15 is 0 Å². The van der Waals surface area contributed by atoms with Crippen molar-refractivity contribution in [2.24, 2.45) is 0 Å². The first-order chi connectivity index (χ1) is 6.72. The molecule has 8 heteroatoms. The van der Waals surface area contributed by atoms with Crippen molar-refractivity contribution in [2.75, 3.05) is 18.1 Å². The van der Waals surface area contributed by atoms with E-state index in [0.717, 1.165) is 0 Å². The highest BCUT2D eigenvalue weighted by Crippen LogP contribution is 2.16. The highest BCUT2D eigenvalue weighted by molar-refractivity contribution is 5.85. The number of nitrogens with zero attached hydrogens (tertiary/aromatic N) is 4. The van der Waals surface area contributed by atoms with Gasteiger partial charge in [0.25, 0.3) is 0 Å². The number of aliphatic hydroxyl groups is 1. The SMILES string of the molecule is Cl.Nc1nc(N)c2ncn(CCO)c2n1. The Morgan fingerprint density at radius 2 is 2.07 bits per heavy atom. The molecular weight excluding hydrogens is 220 g/mol. The summed E-state index contributed by atoms with van der Waals surface area (Å²) in [6.07, 6.45) is 1.55. The van der Waals surface area contributed by atoms with Crippen LogP contribution in [0.2, 0.25) is 0 Å². The molecule has 0 spiro atoms. The first-order valence-electron chi connectivity index (χ1n) is 4.07. The summed E-state index contributed by atoms with van der Waals surface area (Å²) in [5, 5.41) is 8.78. The zero-order valence-electron chi connectivity index (χ0n) is 7.79. The van der Waals surface area contributed by atoms with Gasteiger partial charge in [-0.2, -0.15) is 9.97 Å². The van der Waals surface area contributed by atoms with Crippen molar-refractivity contribution in [3.8, 4) is 0 Å². The molecule has 15 heavy (non-hydrogen) atoms. The minimum absolute atomic E-state index is 0. The van der Waals surface area contributed by atoms with E-state index in [-0.39, 0.29) is 30.8 Å². The summed E-state index contributed by atoms with van der Waals surface area (Å²) in [5.74, 6) is 0.360. The highest BCUT2D eigenvalue weighted by atomic mass is 35.5. The van der Waals surface area contributed by atoms with E-state index in [4.69, 9.17) is 16.6 Å². The van der Waals surface area contributed by atoms with E-state index in [1.165, 1.54) is 0 Å². The monoisotopic (exact) mass is 230 g/mol. The quantitative estimate of drug-likeness (QED) is 0.635. The zero-order chi connectivity index (χ0) is 10.1. The van der Waals surface area contributed by atoms with E-state index in [1.54, 1.807) is 10.9 Å². The number of halogens is 1. The second-order valence-corrected chi connectivity index (χ2v) is 2.80. The summed E-state index contributed by atoms with van der Waals surface area (Å²) in [6.45, 7) is 0.418. The highest BCUT2D eigenvalue weighted by Gasteiger charge is 2.08. The van der Waals surface area contributed by atoms with Crippen molar-refractivity contribution in [1.82, 2.24) is 19.5 Å². The van der Waals surface area contributed by atoms with Crippen molar-refractivity contribution < 1.29 is 5.11 Å². The van der Waals surface area contributed by atoms with Crippen molar-refractivity contribution in [3.05, 3.63) is 6.33 Å². The lowest BCUT2D eigenvalue weighted by Gasteiger charge is -2.01. The van der Waals surface area contributed by atoms with Crippen LogP contribution in [0, 0.1) is 0 Å². The van der Waals surface area contributed by atoms with Crippen LogP contribution >= 0.6 is 12.4 Å². The normalized spacial score (nSPS) is 10.2. The van der Waals surface area contributed by atoms with Gasteiger partial charge < -0.3 is 21.1 Å². The number of hydrogen-bond acceptors (Lipinski definition) is 6. The van der Waals surface area contributed by atoms with Crippen LogP contribution in [-0.2, 0) is 6.54 Å². The molecular formula is C7H11ClN6O. The fourth-order valence-corrected chi connectivity index (χ4v) is 1.25. The van der Waals surface area contributed by atoms with Crippen LogP contribution in [0.15, 0.2) is 6.33 Å². The van der Waals surface area contributed by atoms with E-state index < -0.39 is 0 Å². The van der Waals surface area contributed by atoms with Crippen LogP contribution < -0.4 is 11.5 Å². The van der Waals surface area contributed by atoms with Crippen LogP contribution in [0.4, 0.5) is 11.8 Å². The fourth-order valence-electron chi connectivity index (χ4n) is 1.25. The predicted octanol–water partition coefficient (Wildman–Crippen LogP) is -0.595. The lowest BCUT2D eigenvalue weighted by atomic mass is 10.5. The second kappa shape index (κ2) is 4.28. The summed E-state index contributed by atoms with van der Waals surface area (Å²) in [6, 6.07) is 0. The molecule has 0 unspecified atom stereocenters. The Morgan fingerprint density at radius 1 is 1.33 bits per heavy atom. The summed E-state index contributed by atoms with van der Waals surface area (Å²) >= 11 is 0. The second-order valence-electron chi connectivity index (χ2n) is 2.80. The maximum absolute atomic E-state index is 8.78. The van der Waals surface area contributed by atoms with Crippen LogP contribution in [-0.4, -0.2) is 31.2 Å². The van der Waals surface area contributed by atoms with Crippen molar-refractivity contribution in [3.63, 3.8) is 0 Å². The number of nitrogens with two attached hydrogens (primary N) is 2. The third-order valence-corrected chi connectivity index (χ3v) is 1.85. The third kappa shape index (κ3) is 1.92. The van der Waals surface area contributed by atoms with Crippen LogP contribution in [0.25, 0.3) is 11.2 Å². The molecule has 0 atom stereocenters. The number of aliphatic hydroxyl groups excluding tert-OH is 1. The Bertz CT molecular complexity index is 470. The molecule has 0 aliphatic heterocycles. The predicted molar refractivity (Wildman–Crippen MR) is 58.5 cm³/mol. The summed E-state index contributed by atoms with van der Waals surface area (Å²) in [4.78, 5) is 11.8. The summed E-state index contributed by atoms with van der Waals surface area (Å²) in [7, 11) is 0. The van der Waals surface area contributed by atoms with E-state index in [0.29, 0.717) is 17.7 Å². The number of aromatic nitrogens is 4. The Kier molecular flexibility index (Phi) is 3.28. The summed E-state index contributed by atoms with van der Waals surface area (Å²) < 4.78 is 1.67. The molecule has 2 rings (SSSR count). The number of nitrogen functional groups attached to an aromatic ring is 2. The maximum Gasteiger partial charge on any atom is 0.224 e. The number of imidazole rings is 1. The molecule has 0 aliphatic carbocycles. The van der Waals surface area contributed by atoms with Crippen LogP contribution in [0.3, 0.4) is 0 Å². The lowest BCUT2D eigenvalue weighted by Crippen LogP contribution is -2.05. The van der Waals surface area contributed by atoms with Gasteiger partial charge in [0.15, 0.2) is 11.5 Å². The van der Waals surface area contributed by atoms with Crippen LogP contribution in [0.5, 0.6) is 0 Å². The molecule has 5 N–H and O–H groups in total. The molecule has 2 aromatic heterocycles. The van der Waals surface area contributed by atoms with Gasteiger partial charge >= 0.3 is 0 Å². The van der Waals surface area contributed by atoms with E-state index in [2.05, 4.69) is 15.0 Å². The number of anilines is 2. The van der Waals surface area contributed by atoms with Gasteiger partial charge in [0.1, 0.15) is 5.52 Å². The molecule has 0 aromatic carbocycles. The molecule has 2 aromatic rings. The molecule has 0 aliphatic rings. The van der Waals surface area contributed by atoms with Gasteiger partial charge in [-0.3, -0.25) is 0 Å². The Morgan fingerprint density at radius 3 is 2.73 bits per heavy atom. The molecule has 0 saturated carbocycles. The van der Waals surface area contributed by atoms with Gasteiger partial charge in [-0.05, 0) is 0 Å². The standard InChI is InChI=1S/C7H10N6O.ClH/c8-5-4-6(12-7(9)11-5)13(1-2-14)3-10-4;/h3,14H,1-2H2,(H4,8,9,11,12);1H. The molecule has 0 amide bonds. The Hall–Kier alpha value is -1.60. The third-order valence-electron chi connectivity index (χ3n) is 1.85. The fraction of sp³-hybridized carbons (Fsp3) is 0.286. The smallest absolute Gasteiger partial charge is 0.224 e. The number of fused-ring (bicyclic) bond motifs is 1. The van der Waals surface area contributed by atoms with Crippen molar-refractivity contribution in [2.45, 2.75) is 6.54 Å². The molecule has 82 valence electrons. The molecule has 7 nitrogen and oxygen atoms in total. The Labute approximate surface area is 91.5 Å². The molecule has 0 radical (unpaired) electrons. The molecule has 2 heterocycles. The molecule has 0 saturated heterocycles. The molecule has 0 bridgehead atoms. The largest absolute Gasteiger partial charge is 0.395 e. The van der Waals surface area contributed by atoms with Gasteiger partial charge in [0, 0.05) is 6.54 Å². The van der Waals surface area contributed by atoms with E-state index in [9.17, 15) is 0 Å². The maximum atomic E-state index is 8.78. The average molecular weight is 231 g/mol. The number of rotatable bonds is 2. The lowest BCUT2D eigenvalue weighted by molar-refractivity contribution is 0.277. The van der Waals surface area contributed by atoms with Gasteiger partial charge in [0.2, 0.25) is 5.95 Å². The minimum atomic E-state index is 0. The van der Waals surface area contributed by atoms with Gasteiger partial charge in [-0.25, -0.2) is 4.98 Å².